The maximum Gasteiger partial charge on any atom is 0.125 e. The summed E-state index contributed by atoms with van der Waals surface area (Å²) in [5.74, 6) is -0.344. The van der Waals surface area contributed by atoms with Gasteiger partial charge >= 0.3 is 0 Å². The minimum absolute atomic E-state index is 0.344. The Morgan fingerprint density at radius 1 is 1.45 bits per heavy atom. The van der Waals surface area contributed by atoms with Crippen LogP contribution in [0.25, 0.3) is 10.9 Å². The standard InChI is InChI=1S/C7H4ClFN2/c8-6-2-5(9)1-4-3-10-11-7(4)6/h1-3H,(H,10,11). The van der Waals surface area contributed by atoms with Crippen LogP contribution in [0, 0.1) is 5.82 Å². The molecule has 0 aliphatic rings. The summed E-state index contributed by atoms with van der Waals surface area (Å²) in [5, 5.41) is 7.44. The van der Waals surface area contributed by atoms with Crippen LogP contribution in [-0.2, 0) is 0 Å². The number of halogens is 2. The van der Waals surface area contributed by atoms with E-state index in [2.05, 4.69) is 10.2 Å². The van der Waals surface area contributed by atoms with Gasteiger partial charge in [0.05, 0.1) is 16.7 Å². The fourth-order valence-corrected chi connectivity index (χ4v) is 1.24. The van der Waals surface area contributed by atoms with E-state index in [-0.39, 0.29) is 5.82 Å². The minimum Gasteiger partial charge on any atom is -0.276 e. The summed E-state index contributed by atoms with van der Waals surface area (Å²) >= 11 is 5.69. The van der Waals surface area contributed by atoms with Crippen molar-refractivity contribution in [3.63, 3.8) is 0 Å². The van der Waals surface area contributed by atoms with Crippen LogP contribution < -0.4 is 0 Å². The second-order valence-electron chi connectivity index (χ2n) is 2.22. The van der Waals surface area contributed by atoms with Gasteiger partial charge in [0, 0.05) is 5.39 Å². The average molecular weight is 171 g/mol. The summed E-state index contributed by atoms with van der Waals surface area (Å²) in [6.45, 7) is 0. The molecule has 0 aliphatic carbocycles. The maximum absolute atomic E-state index is 12.6. The van der Waals surface area contributed by atoms with E-state index in [9.17, 15) is 4.39 Å². The van der Waals surface area contributed by atoms with Gasteiger partial charge in [0.1, 0.15) is 5.82 Å². The van der Waals surface area contributed by atoms with Crippen LogP contribution in [0.15, 0.2) is 18.3 Å². The summed E-state index contributed by atoms with van der Waals surface area (Å²) in [6.07, 6.45) is 1.53. The van der Waals surface area contributed by atoms with Crippen molar-refractivity contribution < 1.29 is 4.39 Å². The first kappa shape index (κ1) is 6.61. The fraction of sp³-hybridized carbons (Fsp3) is 0. The van der Waals surface area contributed by atoms with Crippen LogP contribution >= 0.6 is 11.6 Å². The molecule has 0 unspecified atom stereocenters. The Kier molecular flexibility index (Phi) is 1.32. The molecule has 11 heavy (non-hydrogen) atoms. The number of aromatic amines is 1. The first-order chi connectivity index (χ1) is 5.27. The van der Waals surface area contributed by atoms with Gasteiger partial charge in [-0.05, 0) is 12.1 Å². The molecule has 0 aliphatic heterocycles. The predicted octanol–water partition coefficient (Wildman–Crippen LogP) is 2.36. The van der Waals surface area contributed by atoms with Crippen LogP contribution in [0.4, 0.5) is 4.39 Å². The zero-order valence-corrected chi connectivity index (χ0v) is 6.19. The molecule has 0 atom stereocenters. The van der Waals surface area contributed by atoms with Crippen molar-refractivity contribution in [2.24, 2.45) is 0 Å². The van der Waals surface area contributed by atoms with Crippen molar-refractivity contribution in [2.45, 2.75) is 0 Å². The van der Waals surface area contributed by atoms with Gasteiger partial charge in [0.15, 0.2) is 0 Å². The summed E-state index contributed by atoms with van der Waals surface area (Å²) in [5.41, 5.74) is 0.674. The lowest BCUT2D eigenvalue weighted by molar-refractivity contribution is 0.630. The Labute approximate surface area is 67.0 Å². The molecule has 0 bridgehead atoms. The summed E-state index contributed by atoms with van der Waals surface area (Å²) in [7, 11) is 0. The number of benzene rings is 1. The number of hydrogen-bond donors (Lipinski definition) is 1. The number of hydrogen-bond acceptors (Lipinski definition) is 1. The first-order valence-corrected chi connectivity index (χ1v) is 3.43. The monoisotopic (exact) mass is 170 g/mol. The zero-order chi connectivity index (χ0) is 7.84. The Hall–Kier alpha value is -1.09. The van der Waals surface area contributed by atoms with E-state index in [0.717, 1.165) is 0 Å². The maximum atomic E-state index is 12.6. The Balaban J connectivity index is 2.91. The molecule has 1 aromatic carbocycles. The normalized spacial score (nSPS) is 10.7. The number of nitrogens with one attached hydrogen (secondary N) is 1. The Morgan fingerprint density at radius 2 is 2.27 bits per heavy atom. The van der Waals surface area contributed by atoms with Crippen molar-refractivity contribution in [2.75, 3.05) is 0 Å². The van der Waals surface area contributed by atoms with Gasteiger partial charge in [0.25, 0.3) is 0 Å². The van der Waals surface area contributed by atoms with E-state index in [1.54, 1.807) is 0 Å². The highest BCUT2D eigenvalue weighted by atomic mass is 35.5. The van der Waals surface area contributed by atoms with Gasteiger partial charge in [-0.3, -0.25) is 5.10 Å². The summed E-state index contributed by atoms with van der Waals surface area (Å²) in [6, 6.07) is 2.63. The number of rotatable bonds is 0. The average Bonchev–Trinajstić information content (AvgIpc) is 2.34. The molecule has 0 saturated carbocycles. The number of H-pyrrole nitrogens is 1. The third-order valence-electron chi connectivity index (χ3n) is 1.47. The second-order valence-corrected chi connectivity index (χ2v) is 2.63. The van der Waals surface area contributed by atoms with Crippen LogP contribution in [0.2, 0.25) is 5.02 Å². The van der Waals surface area contributed by atoms with Crippen molar-refractivity contribution in [1.82, 2.24) is 10.2 Å². The highest BCUT2D eigenvalue weighted by molar-refractivity contribution is 6.35. The molecule has 0 spiro atoms. The molecule has 56 valence electrons. The number of nitrogens with zero attached hydrogens (tertiary/aromatic N) is 1. The van der Waals surface area contributed by atoms with E-state index in [1.165, 1.54) is 18.3 Å². The van der Waals surface area contributed by atoms with Gasteiger partial charge < -0.3 is 0 Å². The first-order valence-electron chi connectivity index (χ1n) is 3.05. The van der Waals surface area contributed by atoms with E-state index in [4.69, 9.17) is 11.6 Å². The quantitative estimate of drug-likeness (QED) is 0.646. The number of fused-ring (bicyclic) bond motifs is 1. The van der Waals surface area contributed by atoms with Crippen LogP contribution in [0.1, 0.15) is 0 Å². The zero-order valence-electron chi connectivity index (χ0n) is 5.44. The summed E-state index contributed by atoms with van der Waals surface area (Å²) < 4.78 is 12.6. The molecule has 2 nitrogen and oxygen atoms in total. The van der Waals surface area contributed by atoms with Gasteiger partial charge in [-0.2, -0.15) is 5.10 Å². The van der Waals surface area contributed by atoms with Crippen LogP contribution in [0.5, 0.6) is 0 Å². The third kappa shape index (κ3) is 0.973. The van der Waals surface area contributed by atoms with Crippen molar-refractivity contribution >= 4 is 22.5 Å². The molecule has 0 amide bonds. The molecule has 1 heterocycles. The van der Waals surface area contributed by atoms with Gasteiger partial charge in [0.2, 0.25) is 0 Å². The van der Waals surface area contributed by atoms with E-state index in [0.29, 0.717) is 15.9 Å². The molecule has 1 aromatic heterocycles. The predicted molar refractivity (Wildman–Crippen MR) is 41.1 cm³/mol. The van der Waals surface area contributed by atoms with E-state index < -0.39 is 0 Å². The Bertz CT molecular complexity index is 396. The van der Waals surface area contributed by atoms with E-state index in [1.807, 2.05) is 0 Å². The number of aromatic nitrogens is 2. The lowest BCUT2D eigenvalue weighted by Crippen LogP contribution is -1.75. The highest BCUT2D eigenvalue weighted by Gasteiger charge is 2.02. The molecule has 1 N–H and O–H groups in total. The molecule has 2 aromatic rings. The van der Waals surface area contributed by atoms with Crippen molar-refractivity contribution in [3.8, 4) is 0 Å². The minimum atomic E-state index is -0.344. The SMILES string of the molecule is Fc1cc(Cl)c2[nH]ncc2c1. The highest BCUT2D eigenvalue weighted by Crippen LogP contribution is 2.21. The van der Waals surface area contributed by atoms with Gasteiger partial charge in [-0.25, -0.2) is 4.39 Å². The molecular formula is C7H4ClFN2. The smallest absolute Gasteiger partial charge is 0.125 e. The molecule has 4 heteroatoms. The Morgan fingerprint density at radius 3 is 3.09 bits per heavy atom. The molecule has 0 saturated heterocycles. The van der Waals surface area contributed by atoms with Gasteiger partial charge in [-0.15, -0.1) is 0 Å². The van der Waals surface area contributed by atoms with Crippen molar-refractivity contribution in [3.05, 3.63) is 29.2 Å². The molecular weight excluding hydrogens is 167 g/mol. The van der Waals surface area contributed by atoms with E-state index >= 15 is 0 Å². The fourth-order valence-electron chi connectivity index (χ4n) is 0.980. The topological polar surface area (TPSA) is 28.7 Å². The molecule has 0 fully saturated rings. The third-order valence-corrected chi connectivity index (χ3v) is 1.76. The second kappa shape index (κ2) is 2.20. The molecule has 0 radical (unpaired) electrons. The van der Waals surface area contributed by atoms with Crippen molar-refractivity contribution in [1.29, 1.82) is 0 Å². The van der Waals surface area contributed by atoms with Crippen LogP contribution in [-0.4, -0.2) is 10.2 Å². The van der Waals surface area contributed by atoms with Gasteiger partial charge in [-0.1, -0.05) is 11.6 Å². The lowest BCUT2D eigenvalue weighted by Gasteiger charge is -1.91. The lowest BCUT2D eigenvalue weighted by atomic mass is 10.2. The summed E-state index contributed by atoms with van der Waals surface area (Å²) in [4.78, 5) is 0. The van der Waals surface area contributed by atoms with Crippen LogP contribution in [0.3, 0.4) is 0 Å². The largest absolute Gasteiger partial charge is 0.276 e. The molecule has 2 rings (SSSR count).